The summed E-state index contributed by atoms with van der Waals surface area (Å²) >= 11 is 0. The standard InChI is InChI=1S/C16H26N2O2/c1-18(2)9-11-20-10-8-17-16-5-3-4-13-12-14(19)6-7-15(13)16/h6-7,12,16-17,19H,3-5,8-11H2,1-2H3. The van der Waals surface area contributed by atoms with Crippen molar-refractivity contribution in [2.24, 2.45) is 0 Å². The number of phenolic OH excluding ortho intramolecular Hbond substituents is 1. The molecule has 4 nitrogen and oxygen atoms in total. The zero-order valence-electron chi connectivity index (χ0n) is 12.6. The van der Waals surface area contributed by atoms with Gasteiger partial charge in [0, 0.05) is 19.1 Å². The van der Waals surface area contributed by atoms with Crippen molar-refractivity contribution in [2.75, 3.05) is 40.4 Å². The summed E-state index contributed by atoms with van der Waals surface area (Å²) in [5, 5.41) is 13.1. The molecule has 0 aliphatic heterocycles. The van der Waals surface area contributed by atoms with Gasteiger partial charge >= 0.3 is 0 Å². The van der Waals surface area contributed by atoms with Gasteiger partial charge < -0.3 is 20.1 Å². The first-order valence-corrected chi connectivity index (χ1v) is 7.44. The normalized spacial score (nSPS) is 18.2. The lowest BCUT2D eigenvalue weighted by molar-refractivity contribution is 0.117. The van der Waals surface area contributed by atoms with Crippen molar-refractivity contribution in [1.29, 1.82) is 0 Å². The molecule has 4 heteroatoms. The van der Waals surface area contributed by atoms with Crippen LogP contribution in [-0.4, -0.2) is 50.4 Å². The van der Waals surface area contributed by atoms with Crippen molar-refractivity contribution in [3.05, 3.63) is 29.3 Å². The Bertz CT molecular complexity index is 421. The summed E-state index contributed by atoms with van der Waals surface area (Å²) in [5.41, 5.74) is 2.62. The zero-order chi connectivity index (χ0) is 14.4. The van der Waals surface area contributed by atoms with E-state index in [-0.39, 0.29) is 0 Å². The Kier molecular flexibility index (Phi) is 5.83. The van der Waals surface area contributed by atoms with Gasteiger partial charge in [0.1, 0.15) is 5.75 Å². The number of aromatic hydroxyl groups is 1. The zero-order valence-corrected chi connectivity index (χ0v) is 12.6. The minimum atomic E-state index is 0.372. The maximum Gasteiger partial charge on any atom is 0.115 e. The fourth-order valence-corrected chi connectivity index (χ4v) is 2.67. The van der Waals surface area contributed by atoms with Crippen molar-refractivity contribution in [3.63, 3.8) is 0 Å². The summed E-state index contributed by atoms with van der Waals surface area (Å²) < 4.78 is 5.60. The molecular formula is C16H26N2O2. The second-order valence-electron chi connectivity index (χ2n) is 5.70. The van der Waals surface area contributed by atoms with E-state index in [2.05, 4.69) is 24.3 Å². The number of nitrogens with zero attached hydrogens (tertiary/aromatic N) is 1. The minimum Gasteiger partial charge on any atom is -0.508 e. The number of benzene rings is 1. The number of aryl methyl sites for hydroxylation is 1. The fourth-order valence-electron chi connectivity index (χ4n) is 2.67. The number of hydrogen-bond donors (Lipinski definition) is 2. The Hall–Kier alpha value is -1.10. The molecule has 2 N–H and O–H groups in total. The number of ether oxygens (including phenoxy) is 1. The highest BCUT2D eigenvalue weighted by Gasteiger charge is 2.19. The molecule has 1 atom stereocenters. The van der Waals surface area contributed by atoms with Gasteiger partial charge in [-0.2, -0.15) is 0 Å². The van der Waals surface area contributed by atoms with Crippen molar-refractivity contribution >= 4 is 0 Å². The Balaban J connectivity index is 1.75. The van der Waals surface area contributed by atoms with Crippen LogP contribution in [0.15, 0.2) is 18.2 Å². The van der Waals surface area contributed by atoms with E-state index in [0.717, 1.165) is 39.1 Å². The van der Waals surface area contributed by atoms with Gasteiger partial charge in [-0.05, 0) is 56.6 Å². The summed E-state index contributed by atoms with van der Waals surface area (Å²) in [7, 11) is 4.10. The predicted octanol–water partition coefficient (Wildman–Crippen LogP) is 1.94. The molecule has 0 saturated carbocycles. The second-order valence-corrected chi connectivity index (χ2v) is 5.70. The summed E-state index contributed by atoms with van der Waals surface area (Å²) in [4.78, 5) is 2.12. The lowest BCUT2D eigenvalue weighted by Gasteiger charge is -2.26. The highest BCUT2D eigenvalue weighted by atomic mass is 16.5. The molecule has 0 heterocycles. The van der Waals surface area contributed by atoms with Crippen LogP contribution in [0.1, 0.15) is 30.0 Å². The van der Waals surface area contributed by atoms with Crippen LogP contribution in [0.4, 0.5) is 0 Å². The summed E-state index contributed by atoms with van der Waals surface area (Å²) in [5.74, 6) is 0.372. The van der Waals surface area contributed by atoms with Gasteiger partial charge in [-0.3, -0.25) is 0 Å². The van der Waals surface area contributed by atoms with Gasteiger partial charge in [-0.1, -0.05) is 6.07 Å². The number of fused-ring (bicyclic) bond motifs is 1. The SMILES string of the molecule is CN(C)CCOCCNC1CCCc2cc(O)ccc21. The maximum atomic E-state index is 9.55. The van der Waals surface area contributed by atoms with Gasteiger partial charge in [0.15, 0.2) is 0 Å². The average Bonchev–Trinajstić information content (AvgIpc) is 2.42. The third kappa shape index (κ3) is 4.47. The molecule has 112 valence electrons. The van der Waals surface area contributed by atoms with Crippen LogP contribution in [0.2, 0.25) is 0 Å². The molecule has 1 aliphatic rings. The van der Waals surface area contributed by atoms with Crippen molar-refractivity contribution in [1.82, 2.24) is 10.2 Å². The number of nitrogens with one attached hydrogen (secondary N) is 1. The lowest BCUT2D eigenvalue weighted by Crippen LogP contribution is -2.29. The number of likely N-dealkylation sites (N-methyl/N-ethyl adjacent to an activating group) is 1. The molecule has 0 radical (unpaired) electrons. The first-order chi connectivity index (χ1) is 9.66. The molecular weight excluding hydrogens is 252 g/mol. The summed E-state index contributed by atoms with van der Waals surface area (Å²) in [6.07, 6.45) is 3.41. The number of phenols is 1. The first-order valence-electron chi connectivity index (χ1n) is 7.44. The largest absolute Gasteiger partial charge is 0.508 e. The highest BCUT2D eigenvalue weighted by molar-refractivity contribution is 5.38. The molecule has 1 aromatic carbocycles. The first kappa shape index (κ1) is 15.3. The van der Waals surface area contributed by atoms with Crippen LogP contribution in [0.5, 0.6) is 5.75 Å². The molecule has 0 saturated heterocycles. The van der Waals surface area contributed by atoms with E-state index in [1.54, 1.807) is 6.07 Å². The molecule has 0 aromatic heterocycles. The Morgan fingerprint density at radius 2 is 2.20 bits per heavy atom. The van der Waals surface area contributed by atoms with Crippen molar-refractivity contribution < 1.29 is 9.84 Å². The third-order valence-electron chi connectivity index (χ3n) is 3.76. The maximum absolute atomic E-state index is 9.55. The van der Waals surface area contributed by atoms with E-state index in [1.165, 1.54) is 17.5 Å². The van der Waals surface area contributed by atoms with Crippen LogP contribution in [-0.2, 0) is 11.2 Å². The number of rotatable bonds is 7. The highest BCUT2D eigenvalue weighted by Crippen LogP contribution is 2.31. The second kappa shape index (κ2) is 7.62. The molecule has 1 aliphatic carbocycles. The van der Waals surface area contributed by atoms with Gasteiger partial charge in [-0.25, -0.2) is 0 Å². The van der Waals surface area contributed by atoms with E-state index in [1.807, 2.05) is 12.1 Å². The third-order valence-corrected chi connectivity index (χ3v) is 3.76. The van der Waals surface area contributed by atoms with Crippen LogP contribution >= 0.6 is 0 Å². The van der Waals surface area contributed by atoms with Crippen LogP contribution < -0.4 is 5.32 Å². The molecule has 0 fully saturated rings. The monoisotopic (exact) mass is 278 g/mol. The molecule has 1 aromatic rings. The predicted molar refractivity (Wildman–Crippen MR) is 81.2 cm³/mol. The minimum absolute atomic E-state index is 0.372. The Morgan fingerprint density at radius 3 is 3.00 bits per heavy atom. The topological polar surface area (TPSA) is 44.7 Å². The molecule has 0 spiro atoms. The van der Waals surface area contributed by atoms with Crippen LogP contribution in [0.25, 0.3) is 0 Å². The van der Waals surface area contributed by atoms with Gasteiger partial charge in [0.05, 0.1) is 13.2 Å². The van der Waals surface area contributed by atoms with Gasteiger partial charge in [0.25, 0.3) is 0 Å². The van der Waals surface area contributed by atoms with Crippen molar-refractivity contribution in [2.45, 2.75) is 25.3 Å². The van der Waals surface area contributed by atoms with E-state index in [0.29, 0.717) is 11.8 Å². The van der Waals surface area contributed by atoms with E-state index in [9.17, 15) is 5.11 Å². The van der Waals surface area contributed by atoms with Crippen LogP contribution in [0, 0.1) is 0 Å². The summed E-state index contributed by atoms with van der Waals surface area (Å²) in [6, 6.07) is 6.13. The average molecular weight is 278 g/mol. The quantitative estimate of drug-likeness (QED) is 0.748. The lowest BCUT2D eigenvalue weighted by atomic mass is 9.87. The van der Waals surface area contributed by atoms with Gasteiger partial charge in [0.2, 0.25) is 0 Å². The molecule has 0 bridgehead atoms. The molecule has 0 amide bonds. The summed E-state index contributed by atoms with van der Waals surface area (Å²) in [6.45, 7) is 3.37. The number of hydrogen-bond acceptors (Lipinski definition) is 4. The fraction of sp³-hybridized carbons (Fsp3) is 0.625. The molecule has 2 rings (SSSR count). The molecule has 1 unspecified atom stereocenters. The Morgan fingerprint density at radius 1 is 1.35 bits per heavy atom. The Labute approximate surface area is 121 Å². The van der Waals surface area contributed by atoms with E-state index >= 15 is 0 Å². The molecule has 20 heavy (non-hydrogen) atoms. The van der Waals surface area contributed by atoms with Gasteiger partial charge in [-0.15, -0.1) is 0 Å². The van der Waals surface area contributed by atoms with Crippen molar-refractivity contribution in [3.8, 4) is 5.75 Å². The smallest absolute Gasteiger partial charge is 0.115 e. The van der Waals surface area contributed by atoms with Crippen LogP contribution in [0.3, 0.4) is 0 Å². The van der Waals surface area contributed by atoms with E-state index in [4.69, 9.17) is 4.74 Å². The van der Waals surface area contributed by atoms with E-state index < -0.39 is 0 Å².